The van der Waals surface area contributed by atoms with Crippen LogP contribution in [0, 0.1) is 0 Å². The monoisotopic (exact) mass is 254 g/mol. The number of rotatable bonds is 2. The third kappa shape index (κ3) is 1.73. The molecular formula is C15H14N2O2. The number of aromatic nitrogens is 2. The number of methoxy groups -OCH3 is 1. The van der Waals surface area contributed by atoms with E-state index in [9.17, 15) is 4.79 Å². The van der Waals surface area contributed by atoms with Crippen molar-refractivity contribution in [1.82, 2.24) is 9.13 Å². The topological polar surface area (TPSA) is 36.2 Å². The summed E-state index contributed by atoms with van der Waals surface area (Å²) in [5.74, 6) is 0.775. The first-order valence-corrected chi connectivity index (χ1v) is 6.03. The molecule has 3 rings (SSSR count). The molecule has 0 spiro atoms. The van der Waals surface area contributed by atoms with Crippen molar-refractivity contribution < 1.29 is 4.74 Å². The molecule has 0 aliphatic carbocycles. The molecule has 1 heterocycles. The van der Waals surface area contributed by atoms with Crippen molar-refractivity contribution >= 4 is 11.0 Å². The van der Waals surface area contributed by atoms with Crippen molar-refractivity contribution in [2.75, 3.05) is 7.11 Å². The average Bonchev–Trinajstić information content (AvgIpc) is 2.72. The summed E-state index contributed by atoms with van der Waals surface area (Å²) in [5, 5.41) is 0. The van der Waals surface area contributed by atoms with Gasteiger partial charge in [-0.3, -0.25) is 9.13 Å². The maximum atomic E-state index is 12.3. The number of hydrogen-bond donors (Lipinski definition) is 0. The molecule has 0 radical (unpaired) electrons. The Hall–Kier alpha value is -2.49. The molecule has 4 nitrogen and oxygen atoms in total. The Labute approximate surface area is 110 Å². The van der Waals surface area contributed by atoms with Gasteiger partial charge in [0.05, 0.1) is 23.8 Å². The molecule has 0 amide bonds. The zero-order valence-electron chi connectivity index (χ0n) is 10.8. The second-order valence-corrected chi connectivity index (χ2v) is 4.36. The van der Waals surface area contributed by atoms with Gasteiger partial charge in [-0.1, -0.05) is 12.1 Å². The summed E-state index contributed by atoms with van der Waals surface area (Å²) >= 11 is 0. The Morgan fingerprint density at radius 2 is 1.58 bits per heavy atom. The van der Waals surface area contributed by atoms with Crippen LogP contribution in [0.1, 0.15) is 0 Å². The van der Waals surface area contributed by atoms with Gasteiger partial charge in [0, 0.05) is 7.05 Å². The van der Waals surface area contributed by atoms with E-state index in [1.165, 1.54) is 0 Å². The minimum Gasteiger partial charge on any atom is -0.497 e. The normalized spacial score (nSPS) is 10.8. The van der Waals surface area contributed by atoms with Crippen molar-refractivity contribution in [3.8, 4) is 11.4 Å². The summed E-state index contributed by atoms with van der Waals surface area (Å²) < 4.78 is 8.49. The van der Waals surface area contributed by atoms with E-state index < -0.39 is 0 Å². The van der Waals surface area contributed by atoms with Gasteiger partial charge in [-0.15, -0.1) is 0 Å². The molecule has 0 atom stereocenters. The smallest absolute Gasteiger partial charge is 0.333 e. The molecule has 4 heteroatoms. The maximum Gasteiger partial charge on any atom is 0.333 e. The molecule has 3 aromatic rings. The summed E-state index contributed by atoms with van der Waals surface area (Å²) in [6.07, 6.45) is 0. The second kappa shape index (κ2) is 4.31. The molecular weight excluding hydrogens is 240 g/mol. The zero-order chi connectivity index (χ0) is 13.4. The molecule has 0 N–H and O–H groups in total. The van der Waals surface area contributed by atoms with E-state index >= 15 is 0 Å². The highest BCUT2D eigenvalue weighted by molar-refractivity contribution is 5.78. The van der Waals surface area contributed by atoms with E-state index in [2.05, 4.69) is 0 Å². The van der Waals surface area contributed by atoms with Gasteiger partial charge < -0.3 is 4.74 Å². The van der Waals surface area contributed by atoms with Gasteiger partial charge in [-0.25, -0.2) is 4.79 Å². The van der Waals surface area contributed by atoms with E-state index in [0.29, 0.717) is 0 Å². The lowest BCUT2D eigenvalue weighted by molar-refractivity contribution is 0.414. The molecule has 0 bridgehead atoms. The summed E-state index contributed by atoms with van der Waals surface area (Å²) in [4.78, 5) is 12.3. The number of para-hydroxylation sites is 2. The minimum atomic E-state index is -0.0497. The number of imidazole rings is 1. The minimum absolute atomic E-state index is 0.0497. The molecule has 0 fully saturated rings. The maximum absolute atomic E-state index is 12.3. The van der Waals surface area contributed by atoms with Gasteiger partial charge in [0.25, 0.3) is 0 Å². The van der Waals surface area contributed by atoms with Crippen LogP contribution in [0.3, 0.4) is 0 Å². The van der Waals surface area contributed by atoms with Crippen LogP contribution in [0.5, 0.6) is 5.75 Å². The van der Waals surface area contributed by atoms with E-state index in [-0.39, 0.29) is 5.69 Å². The van der Waals surface area contributed by atoms with E-state index in [0.717, 1.165) is 22.5 Å². The van der Waals surface area contributed by atoms with Crippen LogP contribution in [-0.4, -0.2) is 16.2 Å². The number of fused-ring (bicyclic) bond motifs is 1. The Morgan fingerprint density at radius 3 is 2.21 bits per heavy atom. The van der Waals surface area contributed by atoms with Gasteiger partial charge in [-0.05, 0) is 36.4 Å². The molecule has 0 saturated heterocycles. The predicted molar refractivity (Wildman–Crippen MR) is 75.1 cm³/mol. The van der Waals surface area contributed by atoms with Gasteiger partial charge in [0.1, 0.15) is 5.75 Å². The average molecular weight is 254 g/mol. The van der Waals surface area contributed by atoms with Crippen molar-refractivity contribution in [2.24, 2.45) is 7.05 Å². The fourth-order valence-electron chi connectivity index (χ4n) is 2.27. The van der Waals surface area contributed by atoms with Gasteiger partial charge >= 0.3 is 5.69 Å². The molecule has 19 heavy (non-hydrogen) atoms. The van der Waals surface area contributed by atoms with Crippen LogP contribution in [0.4, 0.5) is 0 Å². The number of aryl methyl sites for hydroxylation is 1. The Balaban J connectivity index is 2.29. The van der Waals surface area contributed by atoms with Crippen molar-refractivity contribution in [3.05, 3.63) is 59.0 Å². The standard InChI is InChI=1S/C15H14N2O2/c1-16-13-5-3-4-6-14(13)17(15(16)18)11-7-9-12(19-2)10-8-11/h3-10H,1-2H3. The lowest BCUT2D eigenvalue weighted by Crippen LogP contribution is -2.20. The van der Waals surface area contributed by atoms with Crippen LogP contribution < -0.4 is 10.4 Å². The van der Waals surface area contributed by atoms with Crippen molar-refractivity contribution in [3.63, 3.8) is 0 Å². The highest BCUT2D eigenvalue weighted by Crippen LogP contribution is 2.19. The quantitative estimate of drug-likeness (QED) is 0.703. The SMILES string of the molecule is COc1ccc(-n2c(=O)n(C)c3ccccc32)cc1. The van der Waals surface area contributed by atoms with Crippen LogP contribution in [0.2, 0.25) is 0 Å². The Morgan fingerprint density at radius 1 is 0.947 bits per heavy atom. The molecule has 0 saturated carbocycles. The molecule has 0 unspecified atom stereocenters. The fourth-order valence-corrected chi connectivity index (χ4v) is 2.27. The van der Waals surface area contributed by atoms with Crippen LogP contribution >= 0.6 is 0 Å². The summed E-state index contributed by atoms with van der Waals surface area (Å²) in [6, 6.07) is 15.2. The fraction of sp³-hybridized carbons (Fsp3) is 0.133. The summed E-state index contributed by atoms with van der Waals surface area (Å²) in [6.45, 7) is 0. The van der Waals surface area contributed by atoms with Gasteiger partial charge in [-0.2, -0.15) is 0 Å². The number of nitrogens with zero attached hydrogens (tertiary/aromatic N) is 2. The highest BCUT2D eigenvalue weighted by Gasteiger charge is 2.11. The van der Waals surface area contributed by atoms with E-state index in [1.54, 1.807) is 23.3 Å². The number of hydrogen-bond acceptors (Lipinski definition) is 2. The van der Waals surface area contributed by atoms with E-state index in [4.69, 9.17) is 4.74 Å². The molecule has 2 aromatic carbocycles. The van der Waals surface area contributed by atoms with Gasteiger partial charge in [0.15, 0.2) is 0 Å². The van der Waals surface area contributed by atoms with E-state index in [1.807, 2.05) is 48.5 Å². The first kappa shape index (κ1) is 11.6. The second-order valence-electron chi connectivity index (χ2n) is 4.36. The van der Waals surface area contributed by atoms with Crippen molar-refractivity contribution in [1.29, 1.82) is 0 Å². The highest BCUT2D eigenvalue weighted by atomic mass is 16.5. The third-order valence-corrected chi connectivity index (χ3v) is 3.29. The summed E-state index contributed by atoms with van der Waals surface area (Å²) in [7, 11) is 3.41. The first-order chi connectivity index (χ1) is 9.22. The Kier molecular flexibility index (Phi) is 2.63. The largest absolute Gasteiger partial charge is 0.497 e. The first-order valence-electron chi connectivity index (χ1n) is 6.03. The Bertz CT molecular complexity index is 782. The van der Waals surface area contributed by atoms with Crippen LogP contribution in [0.15, 0.2) is 53.3 Å². The lowest BCUT2D eigenvalue weighted by atomic mass is 10.2. The third-order valence-electron chi connectivity index (χ3n) is 3.29. The number of benzene rings is 2. The van der Waals surface area contributed by atoms with Gasteiger partial charge in [0.2, 0.25) is 0 Å². The summed E-state index contributed by atoms with van der Waals surface area (Å²) in [5.41, 5.74) is 2.61. The lowest BCUT2D eigenvalue weighted by Gasteiger charge is -2.04. The zero-order valence-corrected chi connectivity index (χ0v) is 10.8. The molecule has 0 aliphatic heterocycles. The number of ether oxygens (including phenoxy) is 1. The molecule has 1 aromatic heterocycles. The van der Waals surface area contributed by atoms with Crippen molar-refractivity contribution in [2.45, 2.75) is 0 Å². The molecule has 0 aliphatic rings. The van der Waals surface area contributed by atoms with Crippen LogP contribution in [-0.2, 0) is 7.05 Å². The molecule has 96 valence electrons. The predicted octanol–water partition coefficient (Wildman–Crippen LogP) is 2.34. The van der Waals surface area contributed by atoms with Crippen LogP contribution in [0.25, 0.3) is 16.7 Å².